The Morgan fingerprint density at radius 3 is 2.44 bits per heavy atom. The second-order valence-electron chi connectivity index (χ2n) is 6.88. The molecule has 0 unspecified atom stereocenters. The van der Waals surface area contributed by atoms with Crippen molar-refractivity contribution in [1.82, 2.24) is 14.8 Å². The van der Waals surface area contributed by atoms with Gasteiger partial charge in [0.1, 0.15) is 0 Å². The smallest absolute Gasteiger partial charge is 0.234 e. The minimum absolute atomic E-state index is 0.162. The van der Waals surface area contributed by atoms with Gasteiger partial charge in [0.2, 0.25) is 5.91 Å². The molecular formula is C24H18ClN5OS. The zero-order valence-electron chi connectivity index (χ0n) is 16.9. The average Bonchev–Trinajstić information content (AvgIpc) is 3.21. The largest absolute Gasteiger partial charge is 0.325 e. The van der Waals surface area contributed by atoms with Crippen molar-refractivity contribution in [3.8, 4) is 17.5 Å². The number of benzene rings is 3. The van der Waals surface area contributed by atoms with E-state index in [4.69, 9.17) is 16.9 Å². The minimum Gasteiger partial charge on any atom is -0.325 e. The Bertz CT molecular complexity index is 1270. The lowest BCUT2D eigenvalue weighted by molar-refractivity contribution is -0.113. The van der Waals surface area contributed by atoms with Gasteiger partial charge in [-0.3, -0.25) is 9.36 Å². The van der Waals surface area contributed by atoms with Crippen molar-refractivity contribution in [1.29, 1.82) is 5.26 Å². The van der Waals surface area contributed by atoms with Crippen LogP contribution in [0.2, 0.25) is 5.02 Å². The van der Waals surface area contributed by atoms with Crippen molar-refractivity contribution in [2.75, 3.05) is 11.1 Å². The van der Waals surface area contributed by atoms with E-state index in [1.165, 1.54) is 11.8 Å². The number of hydrogen-bond acceptors (Lipinski definition) is 5. The summed E-state index contributed by atoms with van der Waals surface area (Å²) in [4.78, 5) is 12.5. The Morgan fingerprint density at radius 2 is 1.72 bits per heavy atom. The SMILES string of the molecule is N#Cc1ccc(NC(=O)CSc2nnc(-c3ccccc3Cl)n2Cc2ccccc2)cc1. The summed E-state index contributed by atoms with van der Waals surface area (Å²) in [5, 5.41) is 21.6. The molecule has 1 aromatic heterocycles. The van der Waals surface area contributed by atoms with E-state index >= 15 is 0 Å². The zero-order valence-corrected chi connectivity index (χ0v) is 18.5. The van der Waals surface area contributed by atoms with Gasteiger partial charge in [0.25, 0.3) is 0 Å². The van der Waals surface area contributed by atoms with Gasteiger partial charge in [-0.05, 0) is 42.0 Å². The van der Waals surface area contributed by atoms with Gasteiger partial charge in [0.05, 0.1) is 29.0 Å². The van der Waals surface area contributed by atoms with Crippen molar-refractivity contribution in [2.45, 2.75) is 11.7 Å². The van der Waals surface area contributed by atoms with Gasteiger partial charge >= 0.3 is 0 Å². The second kappa shape index (κ2) is 10.1. The molecule has 0 aliphatic rings. The third-order valence-electron chi connectivity index (χ3n) is 4.65. The Hall–Kier alpha value is -3.60. The number of anilines is 1. The van der Waals surface area contributed by atoms with Crippen LogP contribution in [0.1, 0.15) is 11.1 Å². The lowest BCUT2D eigenvalue weighted by Crippen LogP contribution is -2.14. The number of thioether (sulfide) groups is 1. The predicted molar refractivity (Wildman–Crippen MR) is 127 cm³/mol. The molecule has 8 heteroatoms. The van der Waals surface area contributed by atoms with E-state index in [0.29, 0.717) is 33.8 Å². The fourth-order valence-electron chi connectivity index (χ4n) is 3.10. The van der Waals surface area contributed by atoms with Crippen molar-refractivity contribution in [3.63, 3.8) is 0 Å². The summed E-state index contributed by atoms with van der Waals surface area (Å²) >= 11 is 7.71. The number of halogens is 1. The minimum atomic E-state index is -0.173. The highest BCUT2D eigenvalue weighted by Gasteiger charge is 2.18. The molecule has 0 aliphatic heterocycles. The number of rotatable bonds is 7. The van der Waals surface area contributed by atoms with Gasteiger partial charge in [-0.1, -0.05) is 65.8 Å². The maximum Gasteiger partial charge on any atom is 0.234 e. The number of carbonyl (C=O) groups excluding carboxylic acids is 1. The van der Waals surface area contributed by atoms with Crippen LogP contribution >= 0.6 is 23.4 Å². The van der Waals surface area contributed by atoms with Crippen LogP contribution in [0.25, 0.3) is 11.4 Å². The van der Waals surface area contributed by atoms with Crippen molar-refractivity contribution < 1.29 is 4.79 Å². The third-order valence-corrected chi connectivity index (χ3v) is 5.94. The molecule has 158 valence electrons. The molecule has 0 saturated carbocycles. The van der Waals surface area contributed by atoms with Crippen molar-refractivity contribution >= 4 is 35.0 Å². The summed E-state index contributed by atoms with van der Waals surface area (Å²) in [6.07, 6.45) is 0. The first-order chi connectivity index (χ1) is 15.6. The van der Waals surface area contributed by atoms with Gasteiger partial charge in [-0.2, -0.15) is 5.26 Å². The molecule has 32 heavy (non-hydrogen) atoms. The molecule has 3 aromatic carbocycles. The summed E-state index contributed by atoms with van der Waals surface area (Å²) in [7, 11) is 0. The molecule has 4 aromatic rings. The van der Waals surface area contributed by atoms with Crippen LogP contribution in [0, 0.1) is 11.3 Å². The highest BCUT2D eigenvalue weighted by Crippen LogP contribution is 2.30. The lowest BCUT2D eigenvalue weighted by Gasteiger charge is -2.11. The number of nitrogens with one attached hydrogen (secondary N) is 1. The Kier molecular flexibility index (Phi) is 6.85. The molecule has 0 aliphatic carbocycles. The van der Waals surface area contributed by atoms with Crippen LogP contribution in [-0.4, -0.2) is 26.4 Å². The van der Waals surface area contributed by atoms with E-state index in [9.17, 15) is 4.79 Å². The summed E-state index contributed by atoms with van der Waals surface area (Å²) in [6, 6.07) is 26.3. The Morgan fingerprint density at radius 1 is 1.00 bits per heavy atom. The Labute approximate surface area is 194 Å². The van der Waals surface area contributed by atoms with E-state index in [0.717, 1.165) is 11.1 Å². The van der Waals surface area contributed by atoms with E-state index in [2.05, 4.69) is 21.6 Å². The van der Waals surface area contributed by atoms with Crippen LogP contribution in [0.15, 0.2) is 84.0 Å². The van der Waals surface area contributed by atoms with Gasteiger partial charge in [-0.15, -0.1) is 10.2 Å². The van der Waals surface area contributed by atoms with E-state index in [-0.39, 0.29) is 11.7 Å². The van der Waals surface area contributed by atoms with Crippen LogP contribution in [0.5, 0.6) is 0 Å². The molecule has 1 amide bonds. The molecular weight excluding hydrogens is 442 g/mol. The fraction of sp³-hybridized carbons (Fsp3) is 0.0833. The normalized spacial score (nSPS) is 10.5. The first-order valence-electron chi connectivity index (χ1n) is 9.79. The van der Waals surface area contributed by atoms with Gasteiger partial charge in [0.15, 0.2) is 11.0 Å². The molecule has 0 radical (unpaired) electrons. The van der Waals surface area contributed by atoms with Crippen LogP contribution in [0.4, 0.5) is 5.69 Å². The molecule has 6 nitrogen and oxygen atoms in total. The summed E-state index contributed by atoms with van der Waals surface area (Å²) in [6.45, 7) is 0.550. The predicted octanol–water partition coefficient (Wildman–Crippen LogP) is 5.25. The monoisotopic (exact) mass is 459 g/mol. The van der Waals surface area contributed by atoms with Crippen LogP contribution in [0.3, 0.4) is 0 Å². The van der Waals surface area contributed by atoms with Crippen molar-refractivity contribution in [3.05, 3.63) is 95.0 Å². The lowest BCUT2D eigenvalue weighted by atomic mass is 10.2. The van der Waals surface area contributed by atoms with E-state index in [1.54, 1.807) is 24.3 Å². The van der Waals surface area contributed by atoms with Gasteiger partial charge in [-0.25, -0.2) is 0 Å². The standard InChI is InChI=1S/C24H18ClN5OS/c25-21-9-5-4-8-20(21)23-28-29-24(30(23)15-18-6-2-1-3-7-18)32-16-22(31)27-19-12-10-17(14-26)11-13-19/h1-13H,15-16H2,(H,27,31). The highest BCUT2D eigenvalue weighted by molar-refractivity contribution is 7.99. The summed E-state index contributed by atoms with van der Waals surface area (Å²) in [5.41, 5.74) is 3.05. The Balaban J connectivity index is 1.54. The number of nitrogens with zero attached hydrogens (tertiary/aromatic N) is 4. The van der Waals surface area contributed by atoms with Gasteiger partial charge < -0.3 is 5.32 Å². The molecule has 0 bridgehead atoms. The number of hydrogen-bond donors (Lipinski definition) is 1. The molecule has 0 spiro atoms. The second-order valence-corrected chi connectivity index (χ2v) is 8.23. The van der Waals surface area contributed by atoms with Gasteiger partial charge in [0, 0.05) is 11.3 Å². The maximum atomic E-state index is 12.5. The first kappa shape index (κ1) is 21.6. The van der Waals surface area contributed by atoms with Crippen LogP contribution in [-0.2, 0) is 11.3 Å². The quantitative estimate of drug-likeness (QED) is 0.381. The maximum absolute atomic E-state index is 12.5. The molecule has 1 N–H and O–H groups in total. The molecule has 4 rings (SSSR count). The topological polar surface area (TPSA) is 83.6 Å². The number of aromatic nitrogens is 3. The van der Waals surface area contributed by atoms with Crippen molar-refractivity contribution in [2.24, 2.45) is 0 Å². The van der Waals surface area contributed by atoms with E-state index in [1.807, 2.05) is 59.2 Å². The van der Waals surface area contributed by atoms with Crippen LogP contribution < -0.4 is 5.32 Å². The highest BCUT2D eigenvalue weighted by atomic mass is 35.5. The number of nitriles is 1. The average molecular weight is 460 g/mol. The molecule has 0 fully saturated rings. The molecule has 0 saturated heterocycles. The van der Waals surface area contributed by atoms with E-state index < -0.39 is 0 Å². The molecule has 1 heterocycles. The number of amides is 1. The number of carbonyl (C=O) groups is 1. The fourth-order valence-corrected chi connectivity index (χ4v) is 4.06. The summed E-state index contributed by atoms with van der Waals surface area (Å²) in [5.74, 6) is 0.637. The third kappa shape index (κ3) is 5.17. The zero-order chi connectivity index (χ0) is 22.3. The molecule has 0 atom stereocenters. The first-order valence-corrected chi connectivity index (χ1v) is 11.2. The summed E-state index contributed by atoms with van der Waals surface area (Å²) < 4.78 is 1.97.